The Balaban J connectivity index is 0.00000300. The van der Waals surface area contributed by atoms with Crippen molar-refractivity contribution in [3.8, 4) is 11.5 Å². The van der Waals surface area contributed by atoms with Crippen LogP contribution in [-0.2, 0) is 4.79 Å². The lowest BCUT2D eigenvalue weighted by Crippen LogP contribution is -2.41. The van der Waals surface area contributed by atoms with E-state index >= 15 is 0 Å². The number of amides is 2. The number of ether oxygens (including phenoxy) is 2. The number of halogens is 1. The van der Waals surface area contributed by atoms with Gasteiger partial charge < -0.3 is 25.4 Å². The molecule has 0 aromatic heterocycles. The molecule has 0 radical (unpaired) electrons. The Labute approximate surface area is 176 Å². The second-order valence-electron chi connectivity index (χ2n) is 6.74. The van der Waals surface area contributed by atoms with Crippen molar-refractivity contribution in [1.82, 2.24) is 4.90 Å². The molecule has 3 N–H and O–H groups in total. The molecule has 0 spiro atoms. The van der Waals surface area contributed by atoms with Gasteiger partial charge in [0.1, 0.15) is 11.5 Å². The van der Waals surface area contributed by atoms with Crippen molar-refractivity contribution < 1.29 is 19.1 Å². The van der Waals surface area contributed by atoms with Gasteiger partial charge in [-0.1, -0.05) is 12.1 Å². The first-order chi connectivity index (χ1) is 13.5. The van der Waals surface area contributed by atoms with Gasteiger partial charge in [-0.25, -0.2) is 0 Å². The molecule has 29 heavy (non-hydrogen) atoms. The van der Waals surface area contributed by atoms with Crippen LogP contribution in [0, 0.1) is 5.92 Å². The summed E-state index contributed by atoms with van der Waals surface area (Å²) in [6, 6.07) is 12.3. The number of benzene rings is 2. The minimum absolute atomic E-state index is 0. The summed E-state index contributed by atoms with van der Waals surface area (Å²) < 4.78 is 10.5. The zero-order valence-corrected chi connectivity index (χ0v) is 17.3. The normalized spacial score (nSPS) is 13.9. The number of hydrogen-bond acceptors (Lipinski definition) is 5. The summed E-state index contributed by atoms with van der Waals surface area (Å²) in [5, 5.41) is 2.89. The summed E-state index contributed by atoms with van der Waals surface area (Å²) in [5.74, 6) is 0.828. The van der Waals surface area contributed by atoms with Gasteiger partial charge in [-0.05, 0) is 37.1 Å². The Morgan fingerprint density at radius 2 is 1.62 bits per heavy atom. The fourth-order valence-corrected chi connectivity index (χ4v) is 3.30. The molecular weight excluding hydrogens is 394 g/mol. The van der Waals surface area contributed by atoms with Gasteiger partial charge in [0.15, 0.2) is 0 Å². The molecule has 2 amide bonds. The van der Waals surface area contributed by atoms with Crippen LogP contribution in [0.15, 0.2) is 42.5 Å². The largest absolute Gasteiger partial charge is 0.497 e. The van der Waals surface area contributed by atoms with Crippen LogP contribution in [0.25, 0.3) is 0 Å². The zero-order valence-electron chi connectivity index (χ0n) is 16.5. The number of carbonyl (C=O) groups excluding carboxylic acids is 2. The minimum atomic E-state index is -0.150. The number of para-hydroxylation sites is 2. The lowest BCUT2D eigenvalue weighted by Gasteiger charge is -2.31. The van der Waals surface area contributed by atoms with Crippen molar-refractivity contribution in [2.24, 2.45) is 5.92 Å². The molecule has 1 aliphatic heterocycles. The standard InChI is InChI=1S/C21H25N3O4.ClH/c1-27-16-11-15(12-17(13-16)28-2)21(26)24-9-7-14(8-10-24)20(25)23-19-6-4-3-5-18(19)22;/h3-6,11-14H,7-10,22H2,1-2H3,(H,23,25);1H. The summed E-state index contributed by atoms with van der Waals surface area (Å²) >= 11 is 0. The topological polar surface area (TPSA) is 93.9 Å². The third-order valence-corrected chi connectivity index (χ3v) is 4.97. The van der Waals surface area contributed by atoms with Crippen LogP contribution in [0.1, 0.15) is 23.2 Å². The molecule has 0 aliphatic carbocycles. The summed E-state index contributed by atoms with van der Waals surface area (Å²) in [6.07, 6.45) is 1.21. The SMILES string of the molecule is COc1cc(OC)cc(C(=O)N2CCC(C(=O)Nc3ccccc3N)CC2)c1.Cl. The number of likely N-dealkylation sites (tertiary alicyclic amines) is 1. The molecule has 8 heteroatoms. The first-order valence-electron chi connectivity index (χ1n) is 9.19. The Morgan fingerprint density at radius 3 is 2.17 bits per heavy atom. The zero-order chi connectivity index (χ0) is 20.1. The molecule has 7 nitrogen and oxygen atoms in total. The summed E-state index contributed by atoms with van der Waals surface area (Å²) in [7, 11) is 3.10. The molecule has 2 aromatic rings. The second-order valence-corrected chi connectivity index (χ2v) is 6.74. The van der Waals surface area contributed by atoms with Crippen molar-refractivity contribution >= 4 is 35.6 Å². The molecule has 1 aliphatic rings. The maximum Gasteiger partial charge on any atom is 0.254 e. The highest BCUT2D eigenvalue weighted by molar-refractivity contribution is 5.97. The van der Waals surface area contributed by atoms with Gasteiger partial charge in [-0.15, -0.1) is 12.4 Å². The van der Waals surface area contributed by atoms with E-state index < -0.39 is 0 Å². The molecule has 1 heterocycles. The Hall–Kier alpha value is -2.93. The van der Waals surface area contributed by atoms with E-state index in [0.29, 0.717) is 54.4 Å². The van der Waals surface area contributed by atoms with Crippen LogP contribution in [0.4, 0.5) is 11.4 Å². The van der Waals surface area contributed by atoms with Gasteiger partial charge >= 0.3 is 0 Å². The van der Waals surface area contributed by atoms with Crippen molar-refractivity contribution in [3.63, 3.8) is 0 Å². The molecule has 0 bridgehead atoms. The predicted octanol–water partition coefficient (Wildman–Crippen LogP) is 3.20. The molecule has 3 rings (SSSR count). The minimum Gasteiger partial charge on any atom is -0.497 e. The van der Waals surface area contributed by atoms with Gasteiger partial charge in [-0.2, -0.15) is 0 Å². The molecule has 0 atom stereocenters. The highest BCUT2D eigenvalue weighted by Crippen LogP contribution is 2.26. The molecule has 2 aromatic carbocycles. The number of carbonyl (C=O) groups is 2. The number of nitrogens with two attached hydrogens (primary N) is 1. The van der Waals surface area contributed by atoms with E-state index in [9.17, 15) is 9.59 Å². The fraction of sp³-hybridized carbons (Fsp3) is 0.333. The average molecular weight is 420 g/mol. The van der Waals surface area contributed by atoms with Crippen molar-refractivity contribution in [3.05, 3.63) is 48.0 Å². The molecule has 0 saturated carbocycles. The van der Waals surface area contributed by atoms with Crippen LogP contribution >= 0.6 is 12.4 Å². The van der Waals surface area contributed by atoms with Gasteiger partial charge in [0.2, 0.25) is 5.91 Å². The smallest absolute Gasteiger partial charge is 0.254 e. The van der Waals surface area contributed by atoms with E-state index in [1.54, 1.807) is 49.5 Å². The van der Waals surface area contributed by atoms with Crippen LogP contribution in [0.5, 0.6) is 11.5 Å². The maximum atomic E-state index is 12.8. The Bertz CT molecular complexity index is 845. The number of piperidine rings is 1. The van der Waals surface area contributed by atoms with E-state index in [-0.39, 0.29) is 30.1 Å². The van der Waals surface area contributed by atoms with E-state index in [1.807, 2.05) is 12.1 Å². The number of anilines is 2. The number of nitrogens with zero attached hydrogens (tertiary/aromatic N) is 1. The molecule has 1 fully saturated rings. The van der Waals surface area contributed by atoms with Crippen LogP contribution in [0.3, 0.4) is 0 Å². The average Bonchev–Trinajstić information content (AvgIpc) is 2.74. The first kappa shape index (κ1) is 22.4. The van der Waals surface area contributed by atoms with Crippen molar-refractivity contribution in [2.75, 3.05) is 38.4 Å². The second kappa shape index (κ2) is 10.0. The lowest BCUT2D eigenvalue weighted by atomic mass is 9.95. The molecule has 156 valence electrons. The Morgan fingerprint density at radius 1 is 1.03 bits per heavy atom. The third kappa shape index (κ3) is 5.32. The van der Waals surface area contributed by atoms with E-state index in [0.717, 1.165) is 0 Å². The van der Waals surface area contributed by atoms with E-state index in [4.69, 9.17) is 15.2 Å². The van der Waals surface area contributed by atoms with E-state index in [1.165, 1.54) is 0 Å². The molecular formula is C21H26ClN3O4. The van der Waals surface area contributed by atoms with Crippen LogP contribution < -0.4 is 20.5 Å². The first-order valence-corrected chi connectivity index (χ1v) is 9.19. The highest BCUT2D eigenvalue weighted by atomic mass is 35.5. The van der Waals surface area contributed by atoms with Gasteiger partial charge in [0, 0.05) is 30.6 Å². The predicted molar refractivity (Wildman–Crippen MR) is 115 cm³/mol. The van der Waals surface area contributed by atoms with Gasteiger partial charge in [0.05, 0.1) is 25.6 Å². The highest BCUT2D eigenvalue weighted by Gasteiger charge is 2.28. The third-order valence-electron chi connectivity index (χ3n) is 4.97. The fourth-order valence-electron chi connectivity index (χ4n) is 3.30. The quantitative estimate of drug-likeness (QED) is 0.726. The summed E-state index contributed by atoms with van der Waals surface area (Å²) in [4.78, 5) is 27.1. The maximum absolute atomic E-state index is 12.8. The number of hydrogen-bond donors (Lipinski definition) is 2. The van der Waals surface area contributed by atoms with Crippen LogP contribution in [0.2, 0.25) is 0 Å². The van der Waals surface area contributed by atoms with E-state index in [2.05, 4.69) is 5.32 Å². The molecule has 1 saturated heterocycles. The van der Waals surface area contributed by atoms with Gasteiger partial charge in [0.25, 0.3) is 5.91 Å². The Kier molecular flexibility index (Phi) is 7.73. The van der Waals surface area contributed by atoms with Crippen LogP contribution in [-0.4, -0.2) is 44.0 Å². The van der Waals surface area contributed by atoms with Crippen molar-refractivity contribution in [1.29, 1.82) is 0 Å². The summed E-state index contributed by atoms with van der Waals surface area (Å²) in [5.41, 5.74) is 7.55. The molecule has 0 unspecified atom stereocenters. The lowest BCUT2D eigenvalue weighted by molar-refractivity contribution is -0.121. The van der Waals surface area contributed by atoms with Gasteiger partial charge in [-0.3, -0.25) is 9.59 Å². The monoisotopic (exact) mass is 419 g/mol. The summed E-state index contributed by atoms with van der Waals surface area (Å²) in [6.45, 7) is 1.03. The number of nitrogens with one attached hydrogen (secondary N) is 1. The number of rotatable bonds is 5. The number of nitrogen functional groups attached to an aromatic ring is 1. The van der Waals surface area contributed by atoms with Crippen molar-refractivity contribution in [2.45, 2.75) is 12.8 Å². The number of methoxy groups -OCH3 is 2.